The number of carbonyl (C=O) groups excluding carboxylic acids is 1. The van der Waals surface area contributed by atoms with Gasteiger partial charge in [-0.1, -0.05) is 28.1 Å². The molecule has 0 aliphatic carbocycles. The maximum atomic E-state index is 11.0. The third kappa shape index (κ3) is 2.79. The summed E-state index contributed by atoms with van der Waals surface area (Å²) in [7, 11) is 1.81. The van der Waals surface area contributed by atoms with Crippen molar-refractivity contribution in [3.05, 3.63) is 46.6 Å². The van der Waals surface area contributed by atoms with Gasteiger partial charge in [-0.2, -0.15) is 0 Å². The smallest absolute Gasteiger partial charge is 0.545 e. The van der Waals surface area contributed by atoms with Crippen LogP contribution in [0.4, 0.5) is 5.82 Å². The number of hydrogen-bond acceptors (Lipinski definition) is 4. The zero-order valence-corrected chi connectivity index (χ0v) is 15.2. The van der Waals surface area contributed by atoms with Crippen LogP contribution in [0.15, 0.2) is 41.0 Å². The number of pyridine rings is 1. The van der Waals surface area contributed by atoms with Gasteiger partial charge in [0.05, 0.1) is 5.97 Å². The standard InChI is InChI=1S/C15H11BrN2O2.Na/c1-17-14-13-10-3-2-8(15(19)20)6-9(10)7-12(16)11(13)4-5-18-14;/h2-7H,1H3,(H,17,18)(H,19,20);/q;+1/p-1. The van der Waals surface area contributed by atoms with Gasteiger partial charge in [0.1, 0.15) is 5.82 Å². The van der Waals surface area contributed by atoms with Crippen LogP contribution in [-0.2, 0) is 0 Å². The molecule has 1 aromatic heterocycles. The minimum atomic E-state index is -1.18. The molecule has 3 rings (SSSR count). The van der Waals surface area contributed by atoms with E-state index in [2.05, 4.69) is 26.2 Å². The van der Waals surface area contributed by atoms with E-state index in [1.807, 2.05) is 19.2 Å². The maximum absolute atomic E-state index is 11.0. The average Bonchev–Trinajstić information content (AvgIpc) is 2.46. The number of nitrogens with zero attached hydrogens (tertiary/aromatic N) is 1. The fourth-order valence-corrected chi connectivity index (χ4v) is 2.95. The van der Waals surface area contributed by atoms with Crippen molar-refractivity contribution in [3.8, 4) is 0 Å². The van der Waals surface area contributed by atoms with Crippen LogP contribution in [0.25, 0.3) is 21.5 Å². The Morgan fingerprint density at radius 1 is 1.24 bits per heavy atom. The van der Waals surface area contributed by atoms with Crippen LogP contribution in [0.2, 0.25) is 0 Å². The third-order valence-electron chi connectivity index (χ3n) is 3.28. The van der Waals surface area contributed by atoms with Gasteiger partial charge in [0.2, 0.25) is 0 Å². The molecule has 0 aliphatic heterocycles. The number of hydrogen-bond donors (Lipinski definition) is 1. The molecule has 0 atom stereocenters. The summed E-state index contributed by atoms with van der Waals surface area (Å²) in [5.74, 6) is -0.418. The normalized spacial score (nSPS) is 10.4. The number of halogens is 1. The quantitative estimate of drug-likeness (QED) is 0.501. The summed E-state index contributed by atoms with van der Waals surface area (Å²) >= 11 is 3.52. The summed E-state index contributed by atoms with van der Waals surface area (Å²) in [5, 5.41) is 17.8. The van der Waals surface area contributed by atoms with Crippen LogP contribution in [0.5, 0.6) is 0 Å². The van der Waals surface area contributed by atoms with Crippen molar-refractivity contribution in [2.24, 2.45) is 0 Å². The molecule has 0 aliphatic rings. The van der Waals surface area contributed by atoms with Crippen LogP contribution >= 0.6 is 15.9 Å². The first-order chi connectivity index (χ1) is 9.61. The molecule has 3 aromatic rings. The monoisotopic (exact) mass is 352 g/mol. The number of carbonyl (C=O) groups is 1. The molecule has 0 spiro atoms. The molecule has 1 N–H and O–H groups in total. The third-order valence-corrected chi connectivity index (χ3v) is 3.94. The number of aromatic carboxylic acids is 1. The molecule has 6 heteroatoms. The first kappa shape index (κ1) is 16.2. The van der Waals surface area contributed by atoms with Gasteiger partial charge in [0.25, 0.3) is 0 Å². The van der Waals surface area contributed by atoms with E-state index in [0.717, 1.165) is 31.8 Å². The van der Waals surface area contributed by atoms with Crippen LogP contribution < -0.4 is 40.0 Å². The Labute approximate surface area is 152 Å². The maximum Gasteiger partial charge on any atom is 1.00 e. The second-order valence-corrected chi connectivity index (χ2v) is 5.27. The zero-order valence-electron chi connectivity index (χ0n) is 11.6. The van der Waals surface area contributed by atoms with Crippen LogP contribution in [0.1, 0.15) is 10.4 Å². The molecule has 0 radical (unpaired) electrons. The van der Waals surface area contributed by atoms with Gasteiger partial charge in [-0.3, -0.25) is 0 Å². The molecular formula is C15H10BrN2NaO2. The Morgan fingerprint density at radius 2 is 2.00 bits per heavy atom. The van der Waals surface area contributed by atoms with Crippen molar-refractivity contribution in [2.75, 3.05) is 12.4 Å². The van der Waals surface area contributed by atoms with Gasteiger partial charge in [-0.05, 0) is 34.5 Å². The topological polar surface area (TPSA) is 65.0 Å². The summed E-state index contributed by atoms with van der Waals surface area (Å²) in [6.45, 7) is 0. The van der Waals surface area contributed by atoms with Crippen molar-refractivity contribution in [1.82, 2.24) is 4.98 Å². The van der Waals surface area contributed by atoms with E-state index >= 15 is 0 Å². The fourth-order valence-electron chi connectivity index (χ4n) is 2.37. The Kier molecular flexibility index (Phi) is 4.88. The Bertz CT molecular complexity index is 852. The number of nitrogens with one attached hydrogen (secondary N) is 1. The van der Waals surface area contributed by atoms with Gasteiger partial charge in [0, 0.05) is 28.5 Å². The van der Waals surface area contributed by atoms with E-state index < -0.39 is 5.97 Å². The predicted molar refractivity (Wildman–Crippen MR) is 80.8 cm³/mol. The summed E-state index contributed by atoms with van der Waals surface area (Å²) in [5.41, 5.74) is 0.165. The fraction of sp³-hybridized carbons (Fsp3) is 0.0667. The minimum absolute atomic E-state index is 0. The van der Waals surface area contributed by atoms with Crippen molar-refractivity contribution in [1.29, 1.82) is 0 Å². The summed E-state index contributed by atoms with van der Waals surface area (Å²) in [6, 6.07) is 8.78. The molecule has 4 nitrogen and oxygen atoms in total. The van der Waals surface area contributed by atoms with Crippen molar-refractivity contribution >= 4 is 49.3 Å². The predicted octanol–water partition coefficient (Wildman–Crippen LogP) is -0.440. The van der Waals surface area contributed by atoms with E-state index in [1.54, 1.807) is 24.4 Å². The van der Waals surface area contributed by atoms with Crippen LogP contribution in [0, 0.1) is 0 Å². The van der Waals surface area contributed by atoms with Crippen molar-refractivity contribution in [3.63, 3.8) is 0 Å². The van der Waals surface area contributed by atoms with Crippen LogP contribution in [-0.4, -0.2) is 18.0 Å². The van der Waals surface area contributed by atoms with Gasteiger partial charge < -0.3 is 15.2 Å². The number of carboxylic acid groups (broad SMARTS) is 1. The minimum Gasteiger partial charge on any atom is -0.545 e. The summed E-state index contributed by atoms with van der Waals surface area (Å²) < 4.78 is 0.898. The Balaban J connectivity index is 0.00000161. The molecule has 0 saturated carbocycles. The molecule has 21 heavy (non-hydrogen) atoms. The second kappa shape index (κ2) is 6.32. The zero-order chi connectivity index (χ0) is 14.3. The largest absolute Gasteiger partial charge is 1.00 e. The molecule has 0 saturated heterocycles. The molecule has 2 aromatic carbocycles. The SMILES string of the molecule is CNc1nccc2c(Br)cc3cc(C(=O)[O-])ccc3c12.[Na+]. The summed E-state index contributed by atoms with van der Waals surface area (Å²) in [6.07, 6.45) is 1.74. The summed E-state index contributed by atoms with van der Waals surface area (Å²) in [4.78, 5) is 15.3. The average molecular weight is 353 g/mol. The molecule has 1 heterocycles. The Morgan fingerprint density at radius 3 is 2.67 bits per heavy atom. The number of aromatic nitrogens is 1. The van der Waals surface area contributed by atoms with Crippen molar-refractivity contribution < 1.29 is 39.5 Å². The van der Waals surface area contributed by atoms with E-state index in [1.165, 1.54) is 0 Å². The number of carboxylic acids is 1. The number of anilines is 1. The van der Waals surface area contributed by atoms with Crippen molar-refractivity contribution in [2.45, 2.75) is 0 Å². The number of rotatable bonds is 2. The number of fused-ring (bicyclic) bond motifs is 3. The molecule has 0 fully saturated rings. The first-order valence-electron chi connectivity index (χ1n) is 6.02. The van der Waals surface area contributed by atoms with Gasteiger partial charge in [0.15, 0.2) is 0 Å². The van der Waals surface area contributed by atoms with E-state index in [-0.39, 0.29) is 35.1 Å². The first-order valence-corrected chi connectivity index (χ1v) is 6.81. The van der Waals surface area contributed by atoms with E-state index in [9.17, 15) is 9.90 Å². The molecule has 0 amide bonds. The molecule has 100 valence electrons. The Hall–Kier alpha value is -1.14. The number of benzene rings is 2. The van der Waals surface area contributed by atoms with E-state index in [4.69, 9.17) is 0 Å². The molecule has 0 bridgehead atoms. The van der Waals surface area contributed by atoms with Gasteiger partial charge >= 0.3 is 29.6 Å². The molecule has 0 unspecified atom stereocenters. The van der Waals surface area contributed by atoms with Gasteiger partial charge in [-0.25, -0.2) is 4.98 Å². The molecular weight excluding hydrogens is 343 g/mol. The van der Waals surface area contributed by atoms with Gasteiger partial charge in [-0.15, -0.1) is 0 Å². The second-order valence-electron chi connectivity index (χ2n) is 4.41. The van der Waals surface area contributed by atoms with Crippen LogP contribution in [0.3, 0.4) is 0 Å². The van der Waals surface area contributed by atoms with E-state index in [0.29, 0.717) is 0 Å².